The number of fused-ring (bicyclic) bond motifs is 1. The average Bonchev–Trinajstić information content (AvgIpc) is 2.82. The fourth-order valence-electron chi connectivity index (χ4n) is 2.12. The number of ketones is 1. The Morgan fingerprint density at radius 2 is 2.00 bits per heavy atom. The van der Waals surface area contributed by atoms with Crippen LogP contribution in [0.5, 0.6) is 0 Å². The van der Waals surface area contributed by atoms with E-state index < -0.39 is 5.82 Å². The SMILES string of the molecule is CC(=O)c1cc(Cl)c2nc(-c3c(F)cccc3Cl)[nH]c2c1. The lowest BCUT2D eigenvalue weighted by Crippen LogP contribution is -1.91. The summed E-state index contributed by atoms with van der Waals surface area (Å²) in [6.07, 6.45) is 0. The summed E-state index contributed by atoms with van der Waals surface area (Å²) < 4.78 is 13.9. The maximum atomic E-state index is 13.9. The predicted octanol–water partition coefficient (Wildman–Crippen LogP) is 4.88. The quantitative estimate of drug-likeness (QED) is 0.683. The number of hydrogen-bond donors (Lipinski definition) is 1. The number of imidazole rings is 1. The summed E-state index contributed by atoms with van der Waals surface area (Å²) in [6.45, 7) is 1.45. The molecule has 1 heterocycles. The van der Waals surface area contributed by atoms with Gasteiger partial charge in [0.1, 0.15) is 17.2 Å². The zero-order valence-corrected chi connectivity index (χ0v) is 12.4. The number of hydrogen-bond acceptors (Lipinski definition) is 2. The van der Waals surface area contributed by atoms with Gasteiger partial charge in [-0.05, 0) is 31.2 Å². The van der Waals surface area contributed by atoms with Crippen molar-refractivity contribution in [2.75, 3.05) is 0 Å². The highest BCUT2D eigenvalue weighted by Gasteiger charge is 2.16. The number of Topliss-reactive ketones (excluding diaryl/α,β-unsaturated/α-hetero) is 1. The fraction of sp³-hybridized carbons (Fsp3) is 0.0667. The van der Waals surface area contributed by atoms with Gasteiger partial charge >= 0.3 is 0 Å². The van der Waals surface area contributed by atoms with E-state index in [1.54, 1.807) is 18.2 Å². The molecular weight excluding hydrogens is 314 g/mol. The van der Waals surface area contributed by atoms with Crippen LogP contribution in [0.25, 0.3) is 22.4 Å². The lowest BCUT2D eigenvalue weighted by Gasteiger charge is -2.01. The van der Waals surface area contributed by atoms with Gasteiger partial charge in [-0.2, -0.15) is 0 Å². The topological polar surface area (TPSA) is 45.8 Å². The van der Waals surface area contributed by atoms with Crippen molar-refractivity contribution >= 4 is 40.0 Å². The standard InChI is InChI=1S/C15H9Cl2FN2O/c1-7(21)8-5-10(17)14-12(6-8)19-15(20-14)13-9(16)3-2-4-11(13)18/h2-6H,1H3,(H,19,20). The largest absolute Gasteiger partial charge is 0.338 e. The van der Waals surface area contributed by atoms with E-state index in [0.717, 1.165) is 0 Å². The average molecular weight is 323 g/mol. The van der Waals surface area contributed by atoms with E-state index in [1.165, 1.54) is 19.1 Å². The van der Waals surface area contributed by atoms with E-state index in [0.29, 0.717) is 21.6 Å². The summed E-state index contributed by atoms with van der Waals surface area (Å²) in [7, 11) is 0. The van der Waals surface area contributed by atoms with Crippen LogP contribution >= 0.6 is 23.2 Å². The molecule has 0 aliphatic rings. The van der Waals surface area contributed by atoms with E-state index in [1.807, 2.05) is 0 Å². The van der Waals surface area contributed by atoms with Gasteiger partial charge in [0.2, 0.25) is 0 Å². The first-order valence-electron chi connectivity index (χ1n) is 6.12. The third-order valence-corrected chi connectivity index (χ3v) is 3.75. The van der Waals surface area contributed by atoms with Crippen LogP contribution in [0, 0.1) is 5.82 Å². The van der Waals surface area contributed by atoms with Gasteiger partial charge in [-0.3, -0.25) is 4.79 Å². The van der Waals surface area contributed by atoms with Crippen molar-refractivity contribution in [1.29, 1.82) is 0 Å². The number of carbonyl (C=O) groups excluding carboxylic acids is 1. The van der Waals surface area contributed by atoms with Gasteiger partial charge < -0.3 is 4.98 Å². The van der Waals surface area contributed by atoms with Crippen LogP contribution in [0.1, 0.15) is 17.3 Å². The van der Waals surface area contributed by atoms with Gasteiger partial charge in [0, 0.05) is 5.56 Å². The van der Waals surface area contributed by atoms with Crippen molar-refractivity contribution < 1.29 is 9.18 Å². The number of rotatable bonds is 2. The molecule has 0 bridgehead atoms. The van der Waals surface area contributed by atoms with Gasteiger partial charge in [0.25, 0.3) is 0 Å². The summed E-state index contributed by atoms with van der Waals surface area (Å²) in [6, 6.07) is 7.58. The van der Waals surface area contributed by atoms with E-state index in [-0.39, 0.29) is 22.2 Å². The number of aromatic amines is 1. The van der Waals surface area contributed by atoms with E-state index in [2.05, 4.69) is 9.97 Å². The monoisotopic (exact) mass is 322 g/mol. The minimum absolute atomic E-state index is 0.112. The van der Waals surface area contributed by atoms with Crippen molar-refractivity contribution in [1.82, 2.24) is 9.97 Å². The Labute approximate surface area is 129 Å². The Bertz CT molecular complexity index is 853. The van der Waals surface area contributed by atoms with Crippen molar-refractivity contribution in [3.8, 4) is 11.4 Å². The van der Waals surface area contributed by atoms with Crippen LogP contribution in [0.2, 0.25) is 10.0 Å². The molecule has 0 unspecified atom stereocenters. The number of aromatic nitrogens is 2. The maximum absolute atomic E-state index is 13.9. The van der Waals surface area contributed by atoms with Crippen molar-refractivity contribution in [3.63, 3.8) is 0 Å². The van der Waals surface area contributed by atoms with Gasteiger partial charge in [-0.25, -0.2) is 9.37 Å². The van der Waals surface area contributed by atoms with Crippen LogP contribution in [-0.2, 0) is 0 Å². The molecule has 0 spiro atoms. The van der Waals surface area contributed by atoms with Gasteiger partial charge in [0.05, 0.1) is 21.1 Å². The molecule has 1 N–H and O–H groups in total. The summed E-state index contributed by atoms with van der Waals surface area (Å²) in [5, 5.41) is 0.574. The molecule has 0 amide bonds. The summed E-state index contributed by atoms with van der Waals surface area (Å²) in [5.74, 6) is -0.320. The molecule has 106 valence electrons. The molecule has 0 saturated carbocycles. The number of nitrogens with zero attached hydrogens (tertiary/aromatic N) is 1. The minimum atomic E-state index is -0.482. The lowest BCUT2D eigenvalue weighted by molar-refractivity contribution is 0.101. The highest BCUT2D eigenvalue weighted by Crippen LogP contribution is 2.32. The summed E-state index contributed by atoms with van der Waals surface area (Å²) in [4.78, 5) is 18.7. The predicted molar refractivity (Wildman–Crippen MR) is 81.5 cm³/mol. The van der Waals surface area contributed by atoms with Crippen molar-refractivity contribution in [2.24, 2.45) is 0 Å². The van der Waals surface area contributed by atoms with Gasteiger partial charge in [-0.1, -0.05) is 29.3 Å². The van der Waals surface area contributed by atoms with Gasteiger partial charge in [-0.15, -0.1) is 0 Å². The Balaban J connectivity index is 2.27. The minimum Gasteiger partial charge on any atom is -0.338 e. The molecule has 1 aromatic heterocycles. The van der Waals surface area contributed by atoms with Crippen LogP contribution in [-0.4, -0.2) is 15.8 Å². The Morgan fingerprint density at radius 1 is 1.24 bits per heavy atom. The van der Waals surface area contributed by atoms with Crippen LogP contribution < -0.4 is 0 Å². The third kappa shape index (κ3) is 2.41. The normalized spacial score (nSPS) is 11.0. The zero-order valence-electron chi connectivity index (χ0n) is 10.9. The molecule has 21 heavy (non-hydrogen) atoms. The lowest BCUT2D eigenvalue weighted by atomic mass is 10.1. The molecule has 3 aromatic rings. The fourth-order valence-corrected chi connectivity index (χ4v) is 2.64. The Hall–Kier alpha value is -1.91. The first kappa shape index (κ1) is 14.0. The number of benzene rings is 2. The smallest absolute Gasteiger partial charge is 0.159 e. The number of nitrogens with one attached hydrogen (secondary N) is 1. The molecule has 0 atom stereocenters. The Morgan fingerprint density at radius 3 is 2.67 bits per heavy atom. The highest BCUT2D eigenvalue weighted by molar-refractivity contribution is 6.35. The maximum Gasteiger partial charge on any atom is 0.159 e. The molecule has 0 aliphatic heterocycles. The zero-order chi connectivity index (χ0) is 15.1. The first-order chi connectivity index (χ1) is 9.97. The molecular formula is C15H9Cl2FN2O. The number of H-pyrrole nitrogens is 1. The van der Waals surface area contributed by atoms with E-state index in [9.17, 15) is 9.18 Å². The molecule has 0 saturated heterocycles. The highest BCUT2D eigenvalue weighted by atomic mass is 35.5. The summed E-state index contributed by atoms with van der Waals surface area (Å²) in [5.41, 5.74) is 1.66. The van der Waals surface area contributed by atoms with Crippen molar-refractivity contribution in [3.05, 3.63) is 51.8 Å². The molecule has 0 radical (unpaired) electrons. The van der Waals surface area contributed by atoms with Crippen LogP contribution in [0.4, 0.5) is 4.39 Å². The van der Waals surface area contributed by atoms with E-state index >= 15 is 0 Å². The molecule has 0 fully saturated rings. The molecule has 6 heteroatoms. The first-order valence-corrected chi connectivity index (χ1v) is 6.87. The second kappa shape index (κ2) is 5.13. The van der Waals surface area contributed by atoms with E-state index in [4.69, 9.17) is 23.2 Å². The third-order valence-electron chi connectivity index (χ3n) is 3.15. The second-order valence-corrected chi connectivity index (χ2v) is 5.41. The second-order valence-electron chi connectivity index (χ2n) is 4.59. The molecule has 2 aromatic carbocycles. The Kier molecular flexibility index (Phi) is 3.43. The van der Waals surface area contributed by atoms with Crippen molar-refractivity contribution in [2.45, 2.75) is 6.92 Å². The molecule has 3 nitrogen and oxygen atoms in total. The summed E-state index contributed by atoms with van der Waals surface area (Å²) >= 11 is 12.2. The number of halogens is 3. The van der Waals surface area contributed by atoms with Gasteiger partial charge in [0.15, 0.2) is 5.78 Å². The van der Waals surface area contributed by atoms with Crippen LogP contribution in [0.15, 0.2) is 30.3 Å². The molecule has 3 rings (SSSR count). The van der Waals surface area contributed by atoms with Crippen LogP contribution in [0.3, 0.4) is 0 Å². The number of carbonyl (C=O) groups is 1. The molecule has 0 aliphatic carbocycles.